The van der Waals surface area contributed by atoms with Gasteiger partial charge < -0.3 is 0 Å². The number of aromatic nitrogens is 3. The number of pyridine rings is 1. The first-order chi connectivity index (χ1) is 6.95. The highest BCUT2D eigenvalue weighted by atomic mass is 35.5. The van der Waals surface area contributed by atoms with Gasteiger partial charge in [-0.3, -0.25) is 15.0 Å². The molecule has 15 heavy (non-hydrogen) atoms. The standard InChI is InChI=1S/C11H9N3.ClH/c1-2-6-13-10(3-1)4-5-11-9-12-7-8-14-11;/h1-9H;1H/b5-4+;. The van der Waals surface area contributed by atoms with Crippen molar-refractivity contribution in [3.05, 3.63) is 54.4 Å². The highest BCUT2D eigenvalue weighted by molar-refractivity contribution is 5.85. The molecule has 0 saturated heterocycles. The van der Waals surface area contributed by atoms with Gasteiger partial charge in [0.1, 0.15) is 0 Å². The van der Waals surface area contributed by atoms with Gasteiger partial charge >= 0.3 is 0 Å². The predicted molar refractivity (Wildman–Crippen MR) is 62.4 cm³/mol. The van der Waals surface area contributed by atoms with Crippen molar-refractivity contribution in [2.75, 3.05) is 0 Å². The zero-order chi connectivity index (χ0) is 9.64. The quantitative estimate of drug-likeness (QED) is 0.779. The van der Waals surface area contributed by atoms with Crippen molar-refractivity contribution < 1.29 is 0 Å². The Morgan fingerprint density at radius 1 is 0.867 bits per heavy atom. The SMILES string of the molecule is C(=C\c1cnccn1)/c1ccccn1.Cl. The predicted octanol–water partition coefficient (Wildman–Crippen LogP) is 2.46. The lowest BCUT2D eigenvalue weighted by molar-refractivity contribution is 1.18. The molecule has 4 heteroatoms. The Hall–Kier alpha value is -1.74. The van der Waals surface area contributed by atoms with Crippen LogP contribution in [0.2, 0.25) is 0 Å². The molecule has 0 unspecified atom stereocenters. The number of hydrogen-bond donors (Lipinski definition) is 0. The fourth-order valence-electron chi connectivity index (χ4n) is 1.04. The molecular formula is C11H10ClN3. The van der Waals surface area contributed by atoms with Gasteiger partial charge in [0, 0.05) is 18.6 Å². The molecule has 76 valence electrons. The summed E-state index contributed by atoms with van der Waals surface area (Å²) in [6.07, 6.45) is 10.6. The molecular weight excluding hydrogens is 210 g/mol. The molecule has 0 aliphatic rings. The largest absolute Gasteiger partial charge is 0.261 e. The molecule has 2 heterocycles. The van der Waals surface area contributed by atoms with Crippen LogP contribution in [0, 0.1) is 0 Å². The lowest BCUT2D eigenvalue weighted by Gasteiger charge is -1.91. The minimum absolute atomic E-state index is 0. The maximum atomic E-state index is 4.16. The second kappa shape index (κ2) is 5.88. The van der Waals surface area contributed by atoms with Crippen LogP contribution >= 0.6 is 12.4 Å². The number of halogens is 1. The molecule has 0 fully saturated rings. The summed E-state index contributed by atoms with van der Waals surface area (Å²) < 4.78 is 0. The monoisotopic (exact) mass is 219 g/mol. The molecule has 0 N–H and O–H groups in total. The van der Waals surface area contributed by atoms with E-state index in [1.54, 1.807) is 24.8 Å². The summed E-state index contributed by atoms with van der Waals surface area (Å²) >= 11 is 0. The van der Waals surface area contributed by atoms with Crippen LogP contribution in [0.3, 0.4) is 0 Å². The van der Waals surface area contributed by atoms with Crippen molar-refractivity contribution in [2.24, 2.45) is 0 Å². The second-order valence-electron chi connectivity index (χ2n) is 2.72. The van der Waals surface area contributed by atoms with Crippen LogP contribution in [-0.2, 0) is 0 Å². The van der Waals surface area contributed by atoms with E-state index in [0.29, 0.717) is 0 Å². The molecule has 0 bridgehead atoms. The molecule has 0 spiro atoms. The summed E-state index contributed by atoms with van der Waals surface area (Å²) in [6.45, 7) is 0. The van der Waals surface area contributed by atoms with E-state index >= 15 is 0 Å². The summed E-state index contributed by atoms with van der Waals surface area (Å²) in [5.74, 6) is 0. The van der Waals surface area contributed by atoms with Gasteiger partial charge in [-0.05, 0) is 24.3 Å². The van der Waals surface area contributed by atoms with Crippen molar-refractivity contribution in [1.29, 1.82) is 0 Å². The molecule has 0 saturated carbocycles. The van der Waals surface area contributed by atoms with Gasteiger partial charge in [0.25, 0.3) is 0 Å². The molecule has 0 aliphatic carbocycles. The summed E-state index contributed by atoms with van der Waals surface area (Å²) in [5.41, 5.74) is 1.75. The van der Waals surface area contributed by atoms with Gasteiger partial charge in [-0.1, -0.05) is 6.07 Å². The lowest BCUT2D eigenvalue weighted by atomic mass is 10.3. The first-order valence-corrected chi connectivity index (χ1v) is 4.30. The van der Waals surface area contributed by atoms with Crippen LogP contribution in [0.1, 0.15) is 11.4 Å². The normalized spacial score (nSPS) is 9.87. The third-order valence-electron chi connectivity index (χ3n) is 1.70. The van der Waals surface area contributed by atoms with E-state index in [9.17, 15) is 0 Å². The smallest absolute Gasteiger partial charge is 0.0813 e. The van der Waals surface area contributed by atoms with E-state index in [-0.39, 0.29) is 12.4 Å². The van der Waals surface area contributed by atoms with Crippen LogP contribution in [-0.4, -0.2) is 15.0 Å². The van der Waals surface area contributed by atoms with E-state index in [1.807, 2.05) is 30.4 Å². The molecule has 2 rings (SSSR count). The van der Waals surface area contributed by atoms with E-state index < -0.39 is 0 Å². The molecule has 3 nitrogen and oxygen atoms in total. The molecule has 2 aromatic rings. The topological polar surface area (TPSA) is 38.7 Å². The number of nitrogens with zero attached hydrogens (tertiary/aromatic N) is 3. The van der Waals surface area contributed by atoms with Gasteiger partial charge in [-0.15, -0.1) is 12.4 Å². The van der Waals surface area contributed by atoms with Gasteiger partial charge in [0.15, 0.2) is 0 Å². The highest BCUT2D eigenvalue weighted by Crippen LogP contribution is 2.01. The maximum Gasteiger partial charge on any atom is 0.0813 e. The van der Waals surface area contributed by atoms with Crippen molar-refractivity contribution in [3.63, 3.8) is 0 Å². The first-order valence-electron chi connectivity index (χ1n) is 4.30. The summed E-state index contributed by atoms with van der Waals surface area (Å²) in [5, 5.41) is 0. The Labute approximate surface area is 94.3 Å². The van der Waals surface area contributed by atoms with Crippen LogP contribution in [0.25, 0.3) is 12.2 Å². The lowest BCUT2D eigenvalue weighted by Crippen LogP contribution is -1.81. The Bertz CT molecular complexity index is 373. The third-order valence-corrected chi connectivity index (χ3v) is 1.70. The van der Waals surface area contributed by atoms with E-state index in [0.717, 1.165) is 11.4 Å². The van der Waals surface area contributed by atoms with E-state index in [4.69, 9.17) is 0 Å². The van der Waals surface area contributed by atoms with E-state index in [1.165, 1.54) is 0 Å². The minimum Gasteiger partial charge on any atom is -0.261 e. The number of hydrogen-bond acceptors (Lipinski definition) is 3. The van der Waals surface area contributed by atoms with Crippen molar-refractivity contribution >= 4 is 24.6 Å². The summed E-state index contributed by atoms with van der Waals surface area (Å²) in [6, 6.07) is 5.77. The number of rotatable bonds is 2. The summed E-state index contributed by atoms with van der Waals surface area (Å²) in [4.78, 5) is 12.2. The van der Waals surface area contributed by atoms with Crippen LogP contribution in [0.4, 0.5) is 0 Å². The average molecular weight is 220 g/mol. The Morgan fingerprint density at radius 3 is 2.33 bits per heavy atom. The Kier molecular flexibility index (Phi) is 4.44. The van der Waals surface area contributed by atoms with E-state index in [2.05, 4.69) is 15.0 Å². The molecule has 0 radical (unpaired) electrons. The third kappa shape index (κ3) is 3.48. The van der Waals surface area contributed by atoms with Crippen LogP contribution in [0.5, 0.6) is 0 Å². The molecule has 0 amide bonds. The Balaban J connectivity index is 0.00000112. The van der Waals surface area contributed by atoms with Crippen molar-refractivity contribution in [3.8, 4) is 0 Å². The molecule has 2 aromatic heterocycles. The second-order valence-corrected chi connectivity index (χ2v) is 2.72. The van der Waals surface area contributed by atoms with Gasteiger partial charge in [0.2, 0.25) is 0 Å². The van der Waals surface area contributed by atoms with Gasteiger partial charge in [-0.25, -0.2) is 0 Å². The zero-order valence-electron chi connectivity index (χ0n) is 7.95. The van der Waals surface area contributed by atoms with Gasteiger partial charge in [-0.2, -0.15) is 0 Å². The van der Waals surface area contributed by atoms with Crippen molar-refractivity contribution in [2.45, 2.75) is 0 Å². The van der Waals surface area contributed by atoms with Crippen LogP contribution < -0.4 is 0 Å². The fraction of sp³-hybridized carbons (Fsp3) is 0. The molecule has 0 aromatic carbocycles. The Morgan fingerprint density at radius 2 is 1.67 bits per heavy atom. The maximum absolute atomic E-state index is 4.16. The van der Waals surface area contributed by atoms with Gasteiger partial charge in [0.05, 0.1) is 17.6 Å². The average Bonchev–Trinajstić information content (AvgIpc) is 2.29. The highest BCUT2D eigenvalue weighted by Gasteiger charge is 1.87. The zero-order valence-corrected chi connectivity index (χ0v) is 8.76. The van der Waals surface area contributed by atoms with Crippen LogP contribution in [0.15, 0.2) is 43.0 Å². The van der Waals surface area contributed by atoms with Crippen molar-refractivity contribution in [1.82, 2.24) is 15.0 Å². The minimum atomic E-state index is 0. The first kappa shape index (κ1) is 11.3. The summed E-state index contributed by atoms with van der Waals surface area (Å²) in [7, 11) is 0. The molecule has 0 aliphatic heterocycles. The fourth-order valence-corrected chi connectivity index (χ4v) is 1.04. The molecule has 0 atom stereocenters.